The maximum atomic E-state index is 13.3. The molecule has 1 aromatic carbocycles. The number of hydrogen-bond acceptors (Lipinski definition) is 7. The fourth-order valence-corrected chi connectivity index (χ4v) is 5.44. The first-order chi connectivity index (χ1) is 16.2. The number of fused-ring (bicyclic) bond motifs is 1. The molecule has 0 aliphatic carbocycles. The molecule has 11 heteroatoms. The van der Waals surface area contributed by atoms with Crippen LogP contribution in [0, 0.1) is 18.3 Å². The summed E-state index contributed by atoms with van der Waals surface area (Å²) in [5.41, 5.74) is -0.0287. The molecule has 3 heterocycles. The Bertz CT molecular complexity index is 1540. The lowest BCUT2D eigenvalue weighted by atomic mass is 10.1. The maximum Gasteiger partial charge on any atom is 0.269 e. The van der Waals surface area contributed by atoms with Gasteiger partial charge in [-0.25, -0.2) is 8.42 Å². The summed E-state index contributed by atoms with van der Waals surface area (Å²) in [5, 5.41) is 12.5. The van der Waals surface area contributed by atoms with Gasteiger partial charge in [-0.3, -0.25) is 14.0 Å². The Morgan fingerprint density at radius 2 is 2.09 bits per heavy atom. The number of hydrogen-bond donors (Lipinski definition) is 1. The smallest absolute Gasteiger partial charge is 0.269 e. The molecule has 0 spiro atoms. The zero-order chi connectivity index (χ0) is 24.5. The molecule has 174 valence electrons. The van der Waals surface area contributed by atoms with Crippen molar-refractivity contribution in [3.63, 3.8) is 0 Å². The monoisotopic (exact) mass is 498 g/mol. The van der Waals surface area contributed by atoms with E-state index in [4.69, 9.17) is 16.3 Å². The van der Waals surface area contributed by atoms with Crippen molar-refractivity contribution in [2.45, 2.75) is 19.4 Å². The SMILES string of the molecule is Cc1cccn2c(=O)c(/C=C(\C#N)C(=O)N[C@H]3CCS(=O)(=O)C3)c(Oc3ccccc3Cl)nc12. The second-order valence-electron chi connectivity index (χ2n) is 7.80. The third-order valence-corrected chi connectivity index (χ3v) is 7.39. The highest BCUT2D eigenvalue weighted by Gasteiger charge is 2.30. The summed E-state index contributed by atoms with van der Waals surface area (Å²) in [4.78, 5) is 30.5. The number of aryl methyl sites for hydroxylation is 1. The lowest BCUT2D eigenvalue weighted by Crippen LogP contribution is -2.36. The highest BCUT2D eigenvalue weighted by molar-refractivity contribution is 7.91. The summed E-state index contributed by atoms with van der Waals surface area (Å²) in [5.74, 6) is -0.909. The predicted octanol–water partition coefficient (Wildman–Crippen LogP) is 2.66. The third-order valence-electron chi connectivity index (χ3n) is 5.31. The molecular weight excluding hydrogens is 480 g/mol. The van der Waals surface area contributed by atoms with Crippen molar-refractivity contribution in [1.29, 1.82) is 5.26 Å². The third kappa shape index (κ3) is 4.81. The van der Waals surface area contributed by atoms with Gasteiger partial charge in [0, 0.05) is 12.2 Å². The van der Waals surface area contributed by atoms with E-state index in [2.05, 4.69) is 10.3 Å². The van der Waals surface area contributed by atoms with Gasteiger partial charge in [-0.05, 0) is 43.2 Å². The van der Waals surface area contributed by atoms with Gasteiger partial charge in [0.2, 0.25) is 5.88 Å². The average molecular weight is 499 g/mol. The van der Waals surface area contributed by atoms with Gasteiger partial charge in [0.05, 0.1) is 16.5 Å². The summed E-state index contributed by atoms with van der Waals surface area (Å²) in [6, 6.07) is 11.2. The average Bonchev–Trinajstić information content (AvgIpc) is 3.13. The first kappa shape index (κ1) is 23.5. The number of amides is 1. The zero-order valence-electron chi connectivity index (χ0n) is 18.0. The molecule has 1 fully saturated rings. The number of para-hydroxylation sites is 1. The number of nitrogens with zero attached hydrogens (tertiary/aromatic N) is 3. The van der Waals surface area contributed by atoms with Crippen LogP contribution in [0.3, 0.4) is 0 Å². The molecule has 1 atom stereocenters. The Labute approximate surface area is 200 Å². The number of aromatic nitrogens is 2. The van der Waals surface area contributed by atoms with E-state index >= 15 is 0 Å². The molecule has 1 aliphatic heterocycles. The molecule has 0 saturated carbocycles. The Kier molecular flexibility index (Phi) is 6.41. The van der Waals surface area contributed by atoms with Crippen molar-refractivity contribution < 1.29 is 17.9 Å². The predicted molar refractivity (Wildman–Crippen MR) is 127 cm³/mol. The lowest BCUT2D eigenvalue weighted by molar-refractivity contribution is -0.117. The molecule has 34 heavy (non-hydrogen) atoms. The van der Waals surface area contributed by atoms with Crippen LogP contribution in [0.15, 0.2) is 53.0 Å². The van der Waals surface area contributed by atoms with Crippen LogP contribution in [0.2, 0.25) is 5.02 Å². The molecule has 1 aliphatic rings. The molecule has 4 rings (SSSR count). The van der Waals surface area contributed by atoms with E-state index in [1.54, 1.807) is 49.4 Å². The van der Waals surface area contributed by atoms with Crippen LogP contribution in [-0.2, 0) is 14.6 Å². The molecular formula is C23H19ClN4O5S. The number of pyridine rings is 1. The number of nitrogens with one attached hydrogen (secondary N) is 1. The van der Waals surface area contributed by atoms with Crippen LogP contribution < -0.4 is 15.6 Å². The van der Waals surface area contributed by atoms with E-state index in [-0.39, 0.29) is 45.7 Å². The largest absolute Gasteiger partial charge is 0.437 e. The van der Waals surface area contributed by atoms with Crippen molar-refractivity contribution in [3.05, 3.63) is 74.7 Å². The summed E-state index contributed by atoms with van der Waals surface area (Å²) < 4.78 is 30.5. The molecule has 0 radical (unpaired) electrons. The Balaban J connectivity index is 1.81. The van der Waals surface area contributed by atoms with Crippen LogP contribution in [0.5, 0.6) is 11.6 Å². The number of sulfone groups is 1. The van der Waals surface area contributed by atoms with E-state index in [1.165, 1.54) is 10.6 Å². The number of carbonyl (C=O) groups excluding carboxylic acids is 1. The van der Waals surface area contributed by atoms with Gasteiger partial charge in [0.15, 0.2) is 9.84 Å². The number of halogens is 1. The highest BCUT2D eigenvalue weighted by Crippen LogP contribution is 2.30. The lowest BCUT2D eigenvalue weighted by Gasteiger charge is -2.13. The molecule has 1 N–H and O–H groups in total. The normalized spacial score (nSPS) is 17.3. The van der Waals surface area contributed by atoms with Crippen LogP contribution >= 0.6 is 11.6 Å². The Morgan fingerprint density at radius 1 is 1.32 bits per heavy atom. The Morgan fingerprint density at radius 3 is 2.76 bits per heavy atom. The fourth-order valence-electron chi connectivity index (χ4n) is 3.59. The molecule has 2 aromatic heterocycles. The van der Waals surface area contributed by atoms with Crippen LogP contribution in [0.1, 0.15) is 17.5 Å². The van der Waals surface area contributed by atoms with Crippen molar-refractivity contribution >= 4 is 39.1 Å². The fraction of sp³-hybridized carbons (Fsp3) is 0.217. The second kappa shape index (κ2) is 9.29. The topological polar surface area (TPSA) is 131 Å². The summed E-state index contributed by atoms with van der Waals surface area (Å²) >= 11 is 6.20. The molecule has 1 amide bonds. The number of carbonyl (C=O) groups is 1. The Hall–Kier alpha value is -3.68. The van der Waals surface area contributed by atoms with Gasteiger partial charge in [-0.2, -0.15) is 10.2 Å². The highest BCUT2D eigenvalue weighted by atomic mass is 35.5. The van der Waals surface area contributed by atoms with E-state index in [1.807, 2.05) is 0 Å². The summed E-state index contributed by atoms with van der Waals surface area (Å²) in [6.45, 7) is 1.78. The first-order valence-corrected chi connectivity index (χ1v) is 12.5. The quantitative estimate of drug-likeness (QED) is 0.422. The molecule has 3 aromatic rings. The van der Waals surface area contributed by atoms with Gasteiger partial charge < -0.3 is 10.1 Å². The van der Waals surface area contributed by atoms with Gasteiger partial charge in [0.1, 0.15) is 28.6 Å². The summed E-state index contributed by atoms with van der Waals surface area (Å²) in [7, 11) is -3.23. The van der Waals surface area contributed by atoms with Crippen LogP contribution in [-0.4, -0.2) is 41.3 Å². The van der Waals surface area contributed by atoms with Crippen molar-refractivity contribution in [3.8, 4) is 17.7 Å². The number of rotatable bonds is 5. The number of ether oxygens (including phenoxy) is 1. The minimum atomic E-state index is -3.23. The zero-order valence-corrected chi connectivity index (χ0v) is 19.6. The minimum absolute atomic E-state index is 0.0331. The van der Waals surface area contributed by atoms with Gasteiger partial charge in [0.25, 0.3) is 11.5 Å². The van der Waals surface area contributed by atoms with Crippen molar-refractivity contribution in [2.75, 3.05) is 11.5 Å². The van der Waals surface area contributed by atoms with E-state index in [0.717, 1.165) is 6.08 Å². The molecule has 0 unspecified atom stereocenters. The van der Waals surface area contributed by atoms with E-state index in [0.29, 0.717) is 11.2 Å². The van der Waals surface area contributed by atoms with Gasteiger partial charge in [-0.1, -0.05) is 29.8 Å². The molecule has 1 saturated heterocycles. The van der Waals surface area contributed by atoms with Crippen molar-refractivity contribution in [2.24, 2.45) is 0 Å². The van der Waals surface area contributed by atoms with E-state index < -0.39 is 27.3 Å². The standard InChI is InChI=1S/C23H19ClN4O5S/c1-14-5-4-9-28-20(14)27-22(33-19-7-3-2-6-18(19)24)17(23(28)30)11-15(12-25)21(29)26-16-8-10-34(31,32)13-16/h2-7,9,11,16H,8,10,13H2,1H3,(H,26,29)/b15-11+/t16-/m0/s1. The summed E-state index contributed by atoms with van der Waals surface area (Å²) in [6.07, 6.45) is 2.87. The first-order valence-electron chi connectivity index (χ1n) is 10.3. The minimum Gasteiger partial charge on any atom is -0.437 e. The van der Waals surface area contributed by atoms with Crippen LogP contribution in [0.4, 0.5) is 0 Å². The second-order valence-corrected chi connectivity index (χ2v) is 10.4. The van der Waals surface area contributed by atoms with Gasteiger partial charge in [-0.15, -0.1) is 0 Å². The number of nitriles is 1. The maximum absolute atomic E-state index is 13.3. The van der Waals surface area contributed by atoms with Crippen molar-refractivity contribution in [1.82, 2.24) is 14.7 Å². The van der Waals surface area contributed by atoms with Gasteiger partial charge >= 0.3 is 0 Å². The molecule has 9 nitrogen and oxygen atoms in total. The van der Waals surface area contributed by atoms with E-state index in [9.17, 15) is 23.3 Å². The van der Waals surface area contributed by atoms with Crippen LogP contribution in [0.25, 0.3) is 11.7 Å². The number of benzene rings is 1. The molecule has 0 bridgehead atoms.